The van der Waals surface area contributed by atoms with Crippen molar-refractivity contribution in [2.75, 3.05) is 154 Å². The first-order valence-corrected chi connectivity index (χ1v) is 52.5. The fourth-order valence-corrected chi connectivity index (χ4v) is 19.6. The quantitative estimate of drug-likeness (QED) is 0.0312. The highest BCUT2D eigenvalue weighted by atomic mass is 32.2. The van der Waals surface area contributed by atoms with E-state index >= 15 is 0 Å². The smallest absolute Gasteiger partial charge is 0.102 e. The van der Waals surface area contributed by atoms with Crippen molar-refractivity contribution in [2.24, 2.45) is 0 Å². The van der Waals surface area contributed by atoms with Gasteiger partial charge in [0.05, 0.1) is 145 Å². The van der Waals surface area contributed by atoms with Crippen LogP contribution >= 0.6 is 0 Å². The molecule has 4 heterocycles. The zero-order valence-corrected chi connectivity index (χ0v) is 74.4. The summed E-state index contributed by atoms with van der Waals surface area (Å²) in [7, 11) is -16.2. The van der Waals surface area contributed by atoms with Crippen LogP contribution in [0.4, 0.5) is 0 Å². The molecule has 0 saturated carbocycles. The van der Waals surface area contributed by atoms with Crippen molar-refractivity contribution < 1.29 is 79.3 Å². The Kier molecular flexibility index (Phi) is 66.8. The van der Waals surface area contributed by atoms with Crippen molar-refractivity contribution in [1.82, 2.24) is 0 Å². The minimum absolute atomic E-state index is 0.189. The summed E-state index contributed by atoms with van der Waals surface area (Å²) in [5.74, 6) is -0.819. The van der Waals surface area contributed by atoms with Crippen molar-refractivity contribution in [3.63, 3.8) is 0 Å². The van der Waals surface area contributed by atoms with Gasteiger partial charge in [0.25, 0.3) is 0 Å². The van der Waals surface area contributed by atoms with Gasteiger partial charge >= 0.3 is 0 Å². The average Bonchev–Trinajstić information content (AvgIpc) is 0.873. The molecule has 4 saturated heterocycles. The third kappa shape index (κ3) is 66.5. The van der Waals surface area contributed by atoms with Crippen molar-refractivity contribution in [1.29, 1.82) is 0 Å². The van der Waals surface area contributed by atoms with E-state index in [9.17, 15) is 51.9 Å². The SMILES string of the molecule is CCCCCCCCCCCCCC[N+]1(CCCCS(=O)(=O)[O-])CCCCC1.CCCCCCCCCCCCCC[N+]1(CCCCS(=O)(=O)[O-])CCOCC1.CCCCCCCCCCCC[N+]1(CCCCS(=O)(=O)[O-])CCCCC1.CCCCCCCCCCCC[N+]1(CCCCS(=O)(=O)[O-])CCOCC1. The fourth-order valence-electron chi connectivity index (χ4n) is 17.4. The number of hydrogen-bond donors (Lipinski definition) is 0. The Labute approximate surface area is 669 Å². The molecule has 0 N–H and O–H groups in total. The molecule has 0 unspecified atom stereocenters. The molecular formula is C86H176N4O14S4. The summed E-state index contributed by atoms with van der Waals surface area (Å²) < 4.78 is 145. The van der Waals surface area contributed by atoms with Crippen LogP contribution < -0.4 is 0 Å². The third-order valence-corrected chi connectivity index (χ3v) is 27.6. The molecule has 108 heavy (non-hydrogen) atoms. The highest BCUT2D eigenvalue weighted by Crippen LogP contribution is 2.26. The van der Waals surface area contributed by atoms with Gasteiger partial charge in [-0.1, -0.05) is 259 Å². The standard InChI is InChI=1S/C23H47NO3S.C22H45NO4S.C21H43NO3S.C20H41NO4S/c1-2-3-4-5-6-7-8-9-10-11-12-14-19-24(20-15-13-16-21-24)22-17-18-23-28(25,26)27;1-2-3-4-5-6-7-8-9-10-11-12-13-16-23(18-20-27-21-19-23)17-14-15-22-28(24,25)26;1-2-3-4-5-6-7-8-9-10-12-17-22(18-13-11-14-19-22)20-15-16-21-26(23,24)25;1-2-3-4-5-6-7-8-9-10-11-14-21(16-18-25-19-17-21)15-12-13-20-26(22,23)24/h2-23H2,1H3;2-22H2,1H3;2-21H2,1H3;2-20H2,1H3. The van der Waals surface area contributed by atoms with Gasteiger partial charge in [0.15, 0.2) is 0 Å². The molecule has 4 rings (SSSR count). The largest absolute Gasteiger partial charge is 0.748 e. The normalized spacial score (nSPS) is 17.3. The number of unbranched alkanes of at least 4 members (excludes halogenated alkanes) is 44. The second kappa shape index (κ2) is 68.5. The minimum atomic E-state index is -4.07. The van der Waals surface area contributed by atoms with E-state index in [1.165, 1.54) is 382 Å². The van der Waals surface area contributed by atoms with Crippen LogP contribution in [0, 0.1) is 0 Å². The molecule has 648 valence electrons. The van der Waals surface area contributed by atoms with E-state index in [-0.39, 0.29) is 23.0 Å². The molecule has 4 aliphatic rings. The number of piperidine rings is 2. The lowest BCUT2D eigenvalue weighted by molar-refractivity contribution is -0.935. The number of likely N-dealkylation sites (tertiary alicyclic amines) is 2. The first-order valence-electron chi connectivity index (χ1n) is 46.2. The number of morpholine rings is 2. The summed E-state index contributed by atoms with van der Waals surface area (Å²) in [6, 6.07) is 0. The molecule has 0 aliphatic carbocycles. The van der Waals surface area contributed by atoms with E-state index in [4.69, 9.17) is 9.47 Å². The van der Waals surface area contributed by atoms with E-state index in [1.807, 2.05) is 0 Å². The molecular weight excluding hydrogens is 1440 g/mol. The van der Waals surface area contributed by atoms with Crippen LogP contribution in [0.1, 0.15) is 400 Å². The summed E-state index contributed by atoms with van der Waals surface area (Å²) >= 11 is 0. The second-order valence-corrected chi connectivity index (χ2v) is 40.4. The van der Waals surface area contributed by atoms with E-state index in [1.54, 1.807) is 0 Å². The highest BCUT2D eigenvalue weighted by Gasteiger charge is 2.33. The molecule has 0 radical (unpaired) electrons. The lowest BCUT2D eigenvalue weighted by Gasteiger charge is -2.42. The Balaban J connectivity index is 0.000000720. The van der Waals surface area contributed by atoms with Gasteiger partial charge in [0.2, 0.25) is 0 Å². The van der Waals surface area contributed by atoms with Crippen LogP contribution in [0.15, 0.2) is 0 Å². The van der Waals surface area contributed by atoms with Crippen molar-refractivity contribution in [3.8, 4) is 0 Å². The second-order valence-electron chi connectivity index (χ2n) is 34.3. The summed E-state index contributed by atoms with van der Waals surface area (Å²) in [6.45, 7) is 30.3. The van der Waals surface area contributed by atoms with E-state index in [0.29, 0.717) is 25.7 Å². The van der Waals surface area contributed by atoms with E-state index < -0.39 is 40.5 Å². The fraction of sp³-hybridized carbons (Fsp3) is 1.00. The number of rotatable bonds is 68. The molecule has 18 nitrogen and oxygen atoms in total. The Morgan fingerprint density at radius 1 is 0.194 bits per heavy atom. The van der Waals surface area contributed by atoms with Crippen LogP contribution in [0.25, 0.3) is 0 Å². The van der Waals surface area contributed by atoms with Gasteiger partial charge < -0.3 is 45.6 Å². The molecule has 0 aromatic rings. The molecule has 22 heteroatoms. The topological polar surface area (TPSA) is 247 Å². The van der Waals surface area contributed by atoms with E-state index in [0.717, 1.165) is 113 Å². The molecule has 0 bridgehead atoms. The number of hydrogen-bond acceptors (Lipinski definition) is 14. The Morgan fingerprint density at radius 3 is 0.491 bits per heavy atom. The van der Waals surface area contributed by atoms with Crippen LogP contribution in [-0.4, -0.2) is 224 Å². The molecule has 0 atom stereocenters. The van der Waals surface area contributed by atoms with Gasteiger partial charge in [-0.25, -0.2) is 33.7 Å². The van der Waals surface area contributed by atoms with Gasteiger partial charge in [0.1, 0.15) is 26.2 Å². The van der Waals surface area contributed by atoms with Crippen molar-refractivity contribution in [2.45, 2.75) is 400 Å². The number of quaternary nitrogens is 4. The average molecular weight is 1620 g/mol. The Hall–Kier alpha value is -0.600. The lowest BCUT2D eigenvalue weighted by Crippen LogP contribution is -2.56. The van der Waals surface area contributed by atoms with Crippen molar-refractivity contribution >= 4 is 40.5 Å². The minimum Gasteiger partial charge on any atom is -0.748 e. The zero-order valence-electron chi connectivity index (χ0n) is 71.1. The summed E-state index contributed by atoms with van der Waals surface area (Å²) in [6.07, 6.45) is 73.5. The van der Waals surface area contributed by atoms with Gasteiger partial charge in [-0.3, -0.25) is 0 Å². The maximum atomic E-state index is 10.8. The van der Waals surface area contributed by atoms with E-state index in [2.05, 4.69) is 27.7 Å². The van der Waals surface area contributed by atoms with Crippen LogP contribution in [0.5, 0.6) is 0 Å². The number of nitrogens with zero attached hydrogens (tertiary/aromatic N) is 4. The van der Waals surface area contributed by atoms with Gasteiger partial charge in [-0.05, 0) is 141 Å². The van der Waals surface area contributed by atoms with Crippen LogP contribution in [-0.2, 0) is 49.9 Å². The maximum absolute atomic E-state index is 10.8. The Bertz CT molecular complexity index is 2290. The lowest BCUT2D eigenvalue weighted by atomic mass is 10.0. The van der Waals surface area contributed by atoms with Crippen LogP contribution in [0.2, 0.25) is 0 Å². The Morgan fingerprint density at radius 2 is 0.333 bits per heavy atom. The first kappa shape index (κ1) is 105. The molecule has 4 fully saturated rings. The van der Waals surface area contributed by atoms with Gasteiger partial charge in [-0.2, -0.15) is 0 Å². The summed E-state index contributed by atoms with van der Waals surface area (Å²) in [4.78, 5) is 0. The van der Waals surface area contributed by atoms with Gasteiger partial charge in [-0.15, -0.1) is 0 Å². The van der Waals surface area contributed by atoms with Crippen LogP contribution in [0.3, 0.4) is 0 Å². The molecule has 4 aliphatic heterocycles. The molecule has 0 aromatic carbocycles. The van der Waals surface area contributed by atoms with Crippen molar-refractivity contribution in [3.05, 3.63) is 0 Å². The monoisotopic (exact) mass is 1620 g/mol. The predicted molar refractivity (Wildman–Crippen MR) is 449 cm³/mol. The number of ether oxygens (including phenoxy) is 2. The molecule has 0 amide bonds. The summed E-state index contributed by atoms with van der Waals surface area (Å²) in [5, 5.41) is 0. The maximum Gasteiger partial charge on any atom is 0.102 e. The van der Waals surface area contributed by atoms with Gasteiger partial charge in [0, 0.05) is 23.0 Å². The summed E-state index contributed by atoms with van der Waals surface area (Å²) in [5.41, 5.74) is 0. The third-order valence-electron chi connectivity index (χ3n) is 24.4. The molecule has 0 aromatic heterocycles. The first-order chi connectivity index (χ1) is 51.9. The highest BCUT2D eigenvalue weighted by molar-refractivity contribution is 7.86. The zero-order chi connectivity index (χ0) is 79.4. The molecule has 0 spiro atoms. The predicted octanol–water partition coefficient (Wildman–Crippen LogP) is 20.2.